The van der Waals surface area contributed by atoms with Gasteiger partial charge in [-0.25, -0.2) is 4.98 Å². The van der Waals surface area contributed by atoms with E-state index in [0.717, 1.165) is 30.2 Å². The second-order valence-corrected chi connectivity index (χ2v) is 5.01. The van der Waals surface area contributed by atoms with Crippen LogP contribution in [0.1, 0.15) is 13.3 Å². The summed E-state index contributed by atoms with van der Waals surface area (Å²) in [5.74, 6) is 0.847. The molecule has 3 nitrogen and oxygen atoms in total. The van der Waals surface area contributed by atoms with E-state index in [4.69, 9.17) is 23.2 Å². The van der Waals surface area contributed by atoms with Crippen molar-refractivity contribution in [1.82, 2.24) is 4.98 Å². The fourth-order valence-corrected chi connectivity index (χ4v) is 2.18. The van der Waals surface area contributed by atoms with Crippen molar-refractivity contribution in [2.24, 2.45) is 0 Å². The monoisotopic (exact) mass is 295 g/mol. The van der Waals surface area contributed by atoms with Crippen molar-refractivity contribution in [3.63, 3.8) is 0 Å². The van der Waals surface area contributed by atoms with Gasteiger partial charge in [-0.2, -0.15) is 0 Å². The first kappa shape index (κ1) is 14.0. The van der Waals surface area contributed by atoms with Crippen molar-refractivity contribution >= 4 is 40.4 Å². The third kappa shape index (κ3) is 4.30. The summed E-state index contributed by atoms with van der Waals surface area (Å²) in [5, 5.41) is 7.70. The molecule has 0 fully saturated rings. The molecule has 0 saturated carbocycles. The van der Waals surface area contributed by atoms with Gasteiger partial charge in [-0.3, -0.25) is 0 Å². The van der Waals surface area contributed by atoms with E-state index >= 15 is 0 Å². The highest BCUT2D eigenvalue weighted by atomic mass is 35.5. The minimum atomic E-state index is 0.605. The molecule has 1 heterocycles. The van der Waals surface area contributed by atoms with Crippen LogP contribution in [0.3, 0.4) is 0 Å². The third-order valence-corrected chi connectivity index (χ3v) is 2.90. The number of halogens is 2. The Morgan fingerprint density at radius 1 is 1.05 bits per heavy atom. The van der Waals surface area contributed by atoms with Gasteiger partial charge in [-0.1, -0.05) is 30.1 Å². The van der Waals surface area contributed by atoms with Crippen molar-refractivity contribution < 1.29 is 0 Å². The van der Waals surface area contributed by atoms with E-state index in [0.29, 0.717) is 10.0 Å². The van der Waals surface area contributed by atoms with E-state index < -0.39 is 0 Å². The number of aromatic nitrogens is 1. The van der Waals surface area contributed by atoms with E-state index in [1.807, 2.05) is 24.3 Å². The predicted molar refractivity (Wildman–Crippen MR) is 82.8 cm³/mol. The smallest absolute Gasteiger partial charge is 0.127 e. The molecular weight excluding hydrogens is 281 g/mol. The lowest BCUT2D eigenvalue weighted by Gasteiger charge is -2.09. The molecule has 0 atom stereocenters. The van der Waals surface area contributed by atoms with Gasteiger partial charge in [0.05, 0.1) is 0 Å². The molecule has 100 valence electrons. The lowest BCUT2D eigenvalue weighted by atomic mass is 10.3. The number of nitrogens with zero attached hydrogens (tertiary/aromatic N) is 1. The Hall–Kier alpha value is -1.45. The number of anilines is 3. The molecule has 0 aliphatic carbocycles. The Kier molecular flexibility index (Phi) is 4.88. The molecule has 2 aromatic rings. The maximum absolute atomic E-state index is 5.97. The normalized spacial score (nSPS) is 10.3. The second-order valence-electron chi connectivity index (χ2n) is 4.14. The average Bonchev–Trinajstić information content (AvgIpc) is 2.35. The maximum Gasteiger partial charge on any atom is 0.127 e. The molecular formula is C14H15Cl2N3. The van der Waals surface area contributed by atoms with Crippen LogP contribution in [0.5, 0.6) is 0 Å². The molecule has 19 heavy (non-hydrogen) atoms. The number of rotatable bonds is 5. The zero-order valence-corrected chi connectivity index (χ0v) is 12.1. The van der Waals surface area contributed by atoms with E-state index in [9.17, 15) is 0 Å². The first-order valence-corrected chi connectivity index (χ1v) is 6.86. The summed E-state index contributed by atoms with van der Waals surface area (Å²) in [5.41, 5.74) is 1.79. The Morgan fingerprint density at radius 2 is 1.79 bits per heavy atom. The average molecular weight is 296 g/mol. The van der Waals surface area contributed by atoms with Crippen LogP contribution in [0, 0.1) is 0 Å². The first-order chi connectivity index (χ1) is 9.17. The highest BCUT2D eigenvalue weighted by molar-refractivity contribution is 6.35. The zero-order valence-electron chi connectivity index (χ0n) is 10.6. The van der Waals surface area contributed by atoms with Gasteiger partial charge in [0.1, 0.15) is 5.82 Å². The van der Waals surface area contributed by atoms with Crippen LogP contribution in [-0.2, 0) is 0 Å². The van der Waals surface area contributed by atoms with Gasteiger partial charge in [0.15, 0.2) is 0 Å². The maximum atomic E-state index is 5.97. The number of nitrogens with one attached hydrogen (secondary N) is 2. The standard InChI is InChI=1S/C14H15Cl2N3/c1-2-4-17-14-9-12(3-5-18-14)19-13-7-10(15)6-11(16)8-13/h3,5-9H,2,4H2,1H3,(H2,17,18,19). The van der Waals surface area contributed by atoms with Crippen molar-refractivity contribution in [2.45, 2.75) is 13.3 Å². The van der Waals surface area contributed by atoms with Gasteiger partial charge >= 0.3 is 0 Å². The molecule has 0 radical (unpaired) electrons. The van der Waals surface area contributed by atoms with Crippen LogP contribution in [0.4, 0.5) is 17.2 Å². The molecule has 0 amide bonds. The van der Waals surface area contributed by atoms with Gasteiger partial charge in [-0.15, -0.1) is 0 Å². The van der Waals surface area contributed by atoms with Crippen molar-refractivity contribution in [3.8, 4) is 0 Å². The van der Waals surface area contributed by atoms with E-state index in [1.165, 1.54) is 0 Å². The topological polar surface area (TPSA) is 37.0 Å². The summed E-state index contributed by atoms with van der Waals surface area (Å²) in [6.07, 6.45) is 2.82. The molecule has 0 bridgehead atoms. The molecule has 0 aliphatic rings. The molecule has 2 N–H and O–H groups in total. The third-order valence-electron chi connectivity index (χ3n) is 2.47. The van der Waals surface area contributed by atoms with E-state index in [2.05, 4.69) is 22.5 Å². The first-order valence-electron chi connectivity index (χ1n) is 6.10. The summed E-state index contributed by atoms with van der Waals surface area (Å²) in [6.45, 7) is 3.02. The van der Waals surface area contributed by atoms with Gasteiger partial charge in [0, 0.05) is 40.2 Å². The Morgan fingerprint density at radius 3 is 2.47 bits per heavy atom. The summed E-state index contributed by atoms with van der Waals surface area (Å²) < 4.78 is 0. The van der Waals surface area contributed by atoms with Crippen LogP contribution in [-0.4, -0.2) is 11.5 Å². The fraction of sp³-hybridized carbons (Fsp3) is 0.214. The van der Waals surface area contributed by atoms with E-state index in [-0.39, 0.29) is 0 Å². The van der Waals surface area contributed by atoms with Gasteiger partial charge < -0.3 is 10.6 Å². The predicted octanol–water partition coefficient (Wildman–Crippen LogP) is 4.95. The van der Waals surface area contributed by atoms with Gasteiger partial charge in [-0.05, 0) is 30.7 Å². The minimum absolute atomic E-state index is 0.605. The molecule has 0 saturated heterocycles. The van der Waals surface area contributed by atoms with Crippen molar-refractivity contribution in [3.05, 3.63) is 46.6 Å². The quantitative estimate of drug-likeness (QED) is 0.819. The lowest BCUT2D eigenvalue weighted by molar-refractivity contribution is 0.969. The summed E-state index contributed by atoms with van der Waals surface area (Å²) in [7, 11) is 0. The lowest BCUT2D eigenvalue weighted by Crippen LogP contribution is -2.02. The molecule has 5 heteroatoms. The SMILES string of the molecule is CCCNc1cc(Nc2cc(Cl)cc(Cl)c2)ccn1. The number of benzene rings is 1. The van der Waals surface area contributed by atoms with Gasteiger partial charge in [0.2, 0.25) is 0 Å². The highest BCUT2D eigenvalue weighted by Gasteiger charge is 2.00. The molecule has 0 unspecified atom stereocenters. The Balaban J connectivity index is 2.13. The van der Waals surface area contributed by atoms with Crippen molar-refractivity contribution in [2.75, 3.05) is 17.2 Å². The van der Waals surface area contributed by atoms with Crippen molar-refractivity contribution in [1.29, 1.82) is 0 Å². The molecule has 1 aromatic heterocycles. The Bertz CT molecular complexity index is 538. The van der Waals surface area contributed by atoms with E-state index in [1.54, 1.807) is 12.3 Å². The zero-order chi connectivity index (χ0) is 13.7. The van der Waals surface area contributed by atoms with Crippen LogP contribution < -0.4 is 10.6 Å². The molecule has 0 spiro atoms. The van der Waals surface area contributed by atoms with Crippen LogP contribution >= 0.6 is 23.2 Å². The molecule has 2 rings (SSSR count). The second kappa shape index (κ2) is 6.64. The van der Waals surface area contributed by atoms with Crippen LogP contribution in [0.25, 0.3) is 0 Å². The molecule has 1 aromatic carbocycles. The van der Waals surface area contributed by atoms with Crippen LogP contribution in [0.15, 0.2) is 36.5 Å². The Labute approximate surface area is 123 Å². The number of hydrogen-bond acceptors (Lipinski definition) is 3. The van der Waals surface area contributed by atoms with Crippen LogP contribution in [0.2, 0.25) is 10.0 Å². The summed E-state index contributed by atoms with van der Waals surface area (Å²) in [6, 6.07) is 9.20. The van der Waals surface area contributed by atoms with Gasteiger partial charge in [0.25, 0.3) is 0 Å². The number of pyridine rings is 1. The number of hydrogen-bond donors (Lipinski definition) is 2. The minimum Gasteiger partial charge on any atom is -0.370 e. The summed E-state index contributed by atoms with van der Waals surface area (Å²) >= 11 is 11.9. The fourth-order valence-electron chi connectivity index (χ4n) is 1.65. The highest BCUT2D eigenvalue weighted by Crippen LogP contribution is 2.25. The largest absolute Gasteiger partial charge is 0.370 e. The molecule has 0 aliphatic heterocycles. The summed E-state index contributed by atoms with van der Waals surface area (Å²) in [4.78, 5) is 4.25.